The molecule has 0 aliphatic heterocycles. The maximum atomic E-state index is 12.2. The molecule has 0 bridgehead atoms. The lowest BCUT2D eigenvalue weighted by Crippen LogP contribution is -2.25. The number of hydrogen-bond acceptors (Lipinski definition) is 7. The number of aromatic nitrogens is 6. The maximum Gasteiger partial charge on any atom is 0.252 e. The van der Waals surface area contributed by atoms with Crippen molar-refractivity contribution in [3.63, 3.8) is 0 Å². The summed E-state index contributed by atoms with van der Waals surface area (Å²) < 4.78 is 4.53. The Labute approximate surface area is 125 Å². The second-order valence-corrected chi connectivity index (χ2v) is 4.66. The maximum absolute atomic E-state index is 12.2. The van der Waals surface area contributed by atoms with Gasteiger partial charge in [0.25, 0.3) is 5.91 Å². The molecule has 0 spiro atoms. The Morgan fingerprint density at radius 1 is 1.27 bits per heavy atom. The fourth-order valence-electron chi connectivity index (χ4n) is 1.76. The standard InChI is InChI=1S/C13H13N7O2/c1-8-11(18-22-17-8)14-13(21)9(2)20-16-12(15-19-20)10-6-4-3-5-7-10/h3-7,9H,1-2H3,(H,14,18,21)/t9-/m1/s1. The number of amides is 1. The molecule has 0 aliphatic carbocycles. The number of hydrogen-bond donors (Lipinski definition) is 1. The molecule has 1 atom stereocenters. The summed E-state index contributed by atoms with van der Waals surface area (Å²) >= 11 is 0. The first-order chi connectivity index (χ1) is 10.6. The van der Waals surface area contributed by atoms with E-state index in [1.54, 1.807) is 13.8 Å². The van der Waals surface area contributed by atoms with Crippen molar-refractivity contribution in [1.82, 2.24) is 30.5 Å². The summed E-state index contributed by atoms with van der Waals surface area (Å²) in [7, 11) is 0. The molecule has 2 heterocycles. The van der Waals surface area contributed by atoms with Gasteiger partial charge in [-0.2, -0.15) is 4.80 Å². The van der Waals surface area contributed by atoms with Crippen LogP contribution in [0.2, 0.25) is 0 Å². The molecule has 3 rings (SSSR count). The largest absolute Gasteiger partial charge is 0.304 e. The van der Waals surface area contributed by atoms with Crippen molar-refractivity contribution in [2.45, 2.75) is 19.9 Å². The van der Waals surface area contributed by atoms with E-state index in [4.69, 9.17) is 0 Å². The number of rotatable bonds is 4. The van der Waals surface area contributed by atoms with Gasteiger partial charge in [0.05, 0.1) is 0 Å². The lowest BCUT2D eigenvalue weighted by molar-refractivity contribution is -0.119. The zero-order chi connectivity index (χ0) is 15.5. The molecule has 112 valence electrons. The average molecular weight is 299 g/mol. The molecule has 1 aromatic carbocycles. The van der Waals surface area contributed by atoms with Crippen LogP contribution in [0.1, 0.15) is 18.7 Å². The van der Waals surface area contributed by atoms with Gasteiger partial charge in [0.15, 0.2) is 5.82 Å². The topological polar surface area (TPSA) is 112 Å². The summed E-state index contributed by atoms with van der Waals surface area (Å²) in [5, 5.41) is 21.9. The van der Waals surface area contributed by atoms with Crippen molar-refractivity contribution in [1.29, 1.82) is 0 Å². The van der Waals surface area contributed by atoms with Gasteiger partial charge in [-0.25, -0.2) is 4.63 Å². The number of tetrazole rings is 1. The van der Waals surface area contributed by atoms with Crippen molar-refractivity contribution in [3.8, 4) is 11.4 Å². The average Bonchev–Trinajstić information content (AvgIpc) is 3.17. The second-order valence-electron chi connectivity index (χ2n) is 4.66. The van der Waals surface area contributed by atoms with Gasteiger partial charge < -0.3 is 5.32 Å². The molecule has 0 fully saturated rings. The molecule has 0 saturated carbocycles. The molecule has 9 heteroatoms. The van der Waals surface area contributed by atoms with Gasteiger partial charge in [-0.3, -0.25) is 4.79 Å². The molecule has 0 aliphatic rings. The van der Waals surface area contributed by atoms with E-state index in [0.717, 1.165) is 5.56 Å². The Hall–Kier alpha value is -3.10. The second kappa shape index (κ2) is 5.72. The number of carbonyl (C=O) groups is 1. The SMILES string of the molecule is Cc1nonc1NC(=O)[C@@H](C)n1nnc(-c2ccccc2)n1. The molecule has 0 saturated heterocycles. The van der Waals surface area contributed by atoms with Crippen molar-refractivity contribution < 1.29 is 9.42 Å². The van der Waals surface area contributed by atoms with Gasteiger partial charge >= 0.3 is 0 Å². The fraction of sp³-hybridized carbons (Fsp3) is 0.231. The van der Waals surface area contributed by atoms with Gasteiger partial charge in [0.1, 0.15) is 11.7 Å². The van der Waals surface area contributed by atoms with Gasteiger partial charge in [-0.05, 0) is 24.2 Å². The first-order valence-electron chi connectivity index (χ1n) is 6.60. The van der Waals surface area contributed by atoms with Crippen LogP contribution in [0.25, 0.3) is 11.4 Å². The van der Waals surface area contributed by atoms with Crippen LogP contribution >= 0.6 is 0 Å². The van der Waals surface area contributed by atoms with Crippen molar-refractivity contribution >= 4 is 11.7 Å². The van der Waals surface area contributed by atoms with Gasteiger partial charge in [-0.1, -0.05) is 35.5 Å². The van der Waals surface area contributed by atoms with Crippen LogP contribution in [0.5, 0.6) is 0 Å². The van der Waals surface area contributed by atoms with Crippen LogP contribution < -0.4 is 5.32 Å². The van der Waals surface area contributed by atoms with Crippen molar-refractivity contribution in [2.24, 2.45) is 0 Å². The lowest BCUT2D eigenvalue weighted by Gasteiger charge is -2.08. The number of carbonyl (C=O) groups excluding carboxylic acids is 1. The third-order valence-corrected chi connectivity index (χ3v) is 3.08. The Morgan fingerprint density at radius 2 is 2.05 bits per heavy atom. The van der Waals surface area contributed by atoms with E-state index in [1.807, 2.05) is 30.3 Å². The molecule has 22 heavy (non-hydrogen) atoms. The van der Waals surface area contributed by atoms with Crippen LogP contribution in [-0.4, -0.2) is 36.4 Å². The monoisotopic (exact) mass is 299 g/mol. The predicted octanol–water partition coefficient (Wildman–Crippen LogP) is 1.23. The van der Waals surface area contributed by atoms with E-state index in [2.05, 4.69) is 35.7 Å². The van der Waals surface area contributed by atoms with Gasteiger partial charge in [0, 0.05) is 5.56 Å². The van der Waals surface area contributed by atoms with E-state index >= 15 is 0 Å². The summed E-state index contributed by atoms with van der Waals surface area (Å²) in [6, 6.07) is 8.76. The third-order valence-electron chi connectivity index (χ3n) is 3.08. The molecular formula is C13H13N7O2. The Kier molecular flexibility index (Phi) is 3.60. The minimum atomic E-state index is -0.652. The predicted molar refractivity (Wildman–Crippen MR) is 75.6 cm³/mol. The number of nitrogens with one attached hydrogen (secondary N) is 1. The van der Waals surface area contributed by atoms with Gasteiger partial charge in [-0.15, -0.1) is 10.2 Å². The van der Waals surface area contributed by atoms with Crippen LogP contribution in [-0.2, 0) is 4.79 Å². The van der Waals surface area contributed by atoms with Gasteiger partial charge in [0.2, 0.25) is 5.82 Å². The normalized spacial score (nSPS) is 12.1. The molecule has 3 aromatic rings. The van der Waals surface area contributed by atoms with Crippen LogP contribution in [0, 0.1) is 6.92 Å². The van der Waals surface area contributed by atoms with E-state index in [1.165, 1.54) is 4.80 Å². The Bertz CT molecular complexity index is 781. The highest BCUT2D eigenvalue weighted by Gasteiger charge is 2.20. The quantitative estimate of drug-likeness (QED) is 0.771. The van der Waals surface area contributed by atoms with Crippen LogP contribution in [0.15, 0.2) is 35.0 Å². The highest BCUT2D eigenvalue weighted by Crippen LogP contribution is 2.15. The Balaban J connectivity index is 1.75. The first-order valence-corrected chi connectivity index (χ1v) is 6.60. The molecule has 2 aromatic heterocycles. The Morgan fingerprint density at radius 3 is 2.73 bits per heavy atom. The minimum Gasteiger partial charge on any atom is -0.304 e. The molecule has 0 radical (unpaired) electrons. The minimum absolute atomic E-state index is 0.278. The third kappa shape index (κ3) is 2.68. The molecule has 1 amide bonds. The van der Waals surface area contributed by atoms with Crippen molar-refractivity contribution in [3.05, 3.63) is 36.0 Å². The summed E-state index contributed by atoms with van der Waals surface area (Å²) in [4.78, 5) is 13.4. The first kappa shape index (κ1) is 13.9. The van der Waals surface area contributed by atoms with E-state index in [0.29, 0.717) is 11.5 Å². The summed E-state index contributed by atoms with van der Waals surface area (Å²) in [6.07, 6.45) is 0. The lowest BCUT2D eigenvalue weighted by atomic mass is 10.2. The highest BCUT2D eigenvalue weighted by molar-refractivity contribution is 5.92. The smallest absolute Gasteiger partial charge is 0.252 e. The molecular weight excluding hydrogens is 286 g/mol. The van der Waals surface area contributed by atoms with E-state index < -0.39 is 6.04 Å². The molecule has 9 nitrogen and oxygen atoms in total. The summed E-state index contributed by atoms with van der Waals surface area (Å²) in [5.74, 6) is 0.399. The zero-order valence-corrected chi connectivity index (χ0v) is 12.0. The number of nitrogens with zero attached hydrogens (tertiary/aromatic N) is 6. The zero-order valence-electron chi connectivity index (χ0n) is 12.0. The number of aryl methyl sites for hydroxylation is 1. The highest BCUT2D eigenvalue weighted by atomic mass is 16.6. The van der Waals surface area contributed by atoms with E-state index in [9.17, 15) is 4.79 Å². The van der Waals surface area contributed by atoms with E-state index in [-0.39, 0.29) is 11.7 Å². The molecule has 0 unspecified atom stereocenters. The fourth-order valence-corrected chi connectivity index (χ4v) is 1.76. The van der Waals surface area contributed by atoms with Crippen molar-refractivity contribution in [2.75, 3.05) is 5.32 Å². The van der Waals surface area contributed by atoms with Crippen LogP contribution in [0.3, 0.4) is 0 Å². The number of benzene rings is 1. The summed E-state index contributed by atoms with van der Waals surface area (Å²) in [5.41, 5.74) is 1.33. The summed E-state index contributed by atoms with van der Waals surface area (Å²) in [6.45, 7) is 3.34. The van der Waals surface area contributed by atoms with Crippen LogP contribution in [0.4, 0.5) is 5.82 Å². The number of anilines is 1. The molecule has 1 N–H and O–H groups in total.